The first-order chi connectivity index (χ1) is 7.75. The van der Waals surface area contributed by atoms with Crippen molar-refractivity contribution in [2.45, 2.75) is 47.7 Å². The van der Waals surface area contributed by atoms with E-state index in [0.29, 0.717) is 37.6 Å². The fourth-order valence-electron chi connectivity index (χ4n) is 0.941. The van der Waals surface area contributed by atoms with E-state index in [1.54, 1.807) is 0 Å². The summed E-state index contributed by atoms with van der Waals surface area (Å²) in [6, 6.07) is 0. The van der Waals surface area contributed by atoms with Gasteiger partial charge in [0.1, 0.15) is 0 Å². The van der Waals surface area contributed by atoms with Gasteiger partial charge in [-0.05, 0) is 17.8 Å². The normalized spacial score (nSPS) is 12.3. The van der Waals surface area contributed by atoms with E-state index in [0.717, 1.165) is 0 Å². The molecule has 0 aliphatic carbocycles. The smallest absolute Gasteiger partial charge is 0.319 e. The Kier molecular flexibility index (Phi) is 12.3. The molecule has 0 saturated heterocycles. The molecule has 0 saturated carbocycles. The Morgan fingerprint density at radius 1 is 0.722 bits per heavy atom. The summed E-state index contributed by atoms with van der Waals surface area (Å²) >= 11 is 0. The number of aliphatic hydroxyl groups is 1. The van der Waals surface area contributed by atoms with E-state index in [1.807, 2.05) is 41.5 Å². The first kappa shape index (κ1) is 21.0. The standard InChI is InChI=1S/C13H28O4.Zr/c1-10(2)7-15-13(14,16-8-11(3)4)17-9-12(5)6;/h10-12,14H,7-9H2,1-6H3;. The maximum Gasteiger partial charge on any atom is 0.410 e. The molecule has 0 amide bonds. The molecule has 0 unspecified atom stereocenters. The van der Waals surface area contributed by atoms with Gasteiger partial charge in [-0.1, -0.05) is 41.5 Å². The SMILES string of the molecule is CC(C)COC(O)(OCC(C)C)OCC(C)C.[Zr]. The molecule has 18 heavy (non-hydrogen) atoms. The van der Waals surface area contributed by atoms with Crippen molar-refractivity contribution in [3.63, 3.8) is 0 Å². The molecule has 4 nitrogen and oxygen atoms in total. The maximum absolute atomic E-state index is 10.1. The van der Waals surface area contributed by atoms with E-state index in [4.69, 9.17) is 14.2 Å². The van der Waals surface area contributed by atoms with E-state index in [-0.39, 0.29) is 26.2 Å². The van der Waals surface area contributed by atoms with Crippen LogP contribution in [0, 0.1) is 17.8 Å². The maximum atomic E-state index is 10.1. The largest absolute Gasteiger partial charge is 0.410 e. The number of hydrogen-bond acceptors (Lipinski definition) is 4. The van der Waals surface area contributed by atoms with E-state index < -0.39 is 6.16 Å². The van der Waals surface area contributed by atoms with Gasteiger partial charge in [0.05, 0.1) is 19.8 Å². The van der Waals surface area contributed by atoms with Gasteiger partial charge in [-0.3, -0.25) is 0 Å². The van der Waals surface area contributed by atoms with Gasteiger partial charge in [-0.15, -0.1) is 0 Å². The zero-order chi connectivity index (χ0) is 13.5. The van der Waals surface area contributed by atoms with Crippen molar-refractivity contribution in [2.24, 2.45) is 17.8 Å². The number of rotatable bonds is 9. The van der Waals surface area contributed by atoms with Gasteiger partial charge in [-0.25, -0.2) is 0 Å². The van der Waals surface area contributed by atoms with E-state index >= 15 is 0 Å². The molecule has 0 rings (SSSR count). The van der Waals surface area contributed by atoms with Gasteiger partial charge in [0.15, 0.2) is 0 Å². The topological polar surface area (TPSA) is 47.9 Å². The van der Waals surface area contributed by atoms with Crippen LogP contribution in [0.3, 0.4) is 0 Å². The average molecular weight is 340 g/mol. The average Bonchev–Trinajstić information content (AvgIpc) is 2.21. The molecule has 108 valence electrons. The quantitative estimate of drug-likeness (QED) is 0.656. The van der Waals surface area contributed by atoms with Gasteiger partial charge < -0.3 is 19.3 Å². The summed E-state index contributed by atoms with van der Waals surface area (Å²) in [4.78, 5) is 0. The number of ether oxygens (including phenoxy) is 3. The van der Waals surface area contributed by atoms with Crippen LogP contribution in [0.15, 0.2) is 0 Å². The minimum Gasteiger partial charge on any atom is -0.319 e. The third-order valence-electron chi connectivity index (χ3n) is 1.80. The Bertz CT molecular complexity index is 164. The Morgan fingerprint density at radius 2 is 0.944 bits per heavy atom. The Hall–Kier alpha value is 0.723. The summed E-state index contributed by atoms with van der Waals surface area (Å²) in [5.74, 6) is 0.936. The van der Waals surface area contributed by atoms with Crippen LogP contribution in [0.2, 0.25) is 0 Å². The minimum atomic E-state index is -1.90. The fraction of sp³-hybridized carbons (Fsp3) is 1.00. The molecule has 0 atom stereocenters. The van der Waals surface area contributed by atoms with Gasteiger partial charge >= 0.3 is 6.16 Å². The summed E-state index contributed by atoms with van der Waals surface area (Å²) in [5, 5.41) is 10.1. The molecule has 0 spiro atoms. The second-order valence-corrected chi connectivity index (χ2v) is 5.64. The number of hydrogen-bond donors (Lipinski definition) is 1. The molecule has 1 N–H and O–H groups in total. The van der Waals surface area contributed by atoms with Gasteiger partial charge in [-0.2, -0.15) is 0 Å². The molecule has 5 heteroatoms. The second-order valence-electron chi connectivity index (χ2n) is 5.64. The van der Waals surface area contributed by atoms with Crippen molar-refractivity contribution in [1.82, 2.24) is 0 Å². The van der Waals surface area contributed by atoms with Crippen LogP contribution < -0.4 is 0 Å². The van der Waals surface area contributed by atoms with Crippen LogP contribution in [0.5, 0.6) is 0 Å². The second kappa shape index (κ2) is 10.5. The fourth-order valence-corrected chi connectivity index (χ4v) is 0.941. The van der Waals surface area contributed by atoms with Crippen molar-refractivity contribution in [1.29, 1.82) is 0 Å². The predicted octanol–water partition coefficient (Wildman–Crippen LogP) is 2.61. The van der Waals surface area contributed by atoms with Crippen LogP contribution in [0.25, 0.3) is 0 Å². The van der Waals surface area contributed by atoms with E-state index in [9.17, 15) is 5.11 Å². The van der Waals surface area contributed by atoms with Gasteiger partial charge in [0.2, 0.25) is 0 Å². The van der Waals surface area contributed by atoms with Crippen molar-refractivity contribution in [3.05, 3.63) is 0 Å². The summed E-state index contributed by atoms with van der Waals surface area (Å²) in [5.41, 5.74) is 0. The molecule has 0 aromatic carbocycles. The van der Waals surface area contributed by atoms with Crippen LogP contribution in [0.4, 0.5) is 0 Å². The minimum absolute atomic E-state index is 0. The molecular formula is C13H28O4Zr. The van der Waals surface area contributed by atoms with Crippen LogP contribution in [-0.4, -0.2) is 31.1 Å². The molecule has 0 radical (unpaired) electrons. The van der Waals surface area contributed by atoms with Gasteiger partial charge in [0, 0.05) is 26.2 Å². The van der Waals surface area contributed by atoms with Gasteiger partial charge in [0.25, 0.3) is 0 Å². The first-order valence-electron chi connectivity index (χ1n) is 6.39. The molecule has 0 bridgehead atoms. The van der Waals surface area contributed by atoms with Crippen LogP contribution >= 0.6 is 0 Å². The summed E-state index contributed by atoms with van der Waals surface area (Å²) in [6.45, 7) is 13.2. The van der Waals surface area contributed by atoms with Crippen molar-refractivity contribution < 1.29 is 45.5 Å². The molecule has 0 aliphatic heterocycles. The Labute approximate surface area is 131 Å². The monoisotopic (exact) mass is 338 g/mol. The third-order valence-corrected chi connectivity index (χ3v) is 1.80. The third kappa shape index (κ3) is 11.8. The van der Waals surface area contributed by atoms with E-state index in [2.05, 4.69) is 0 Å². The first-order valence-corrected chi connectivity index (χ1v) is 6.39. The molecular weight excluding hydrogens is 311 g/mol. The van der Waals surface area contributed by atoms with Crippen LogP contribution in [0.1, 0.15) is 41.5 Å². The molecule has 0 heterocycles. The summed E-state index contributed by atoms with van der Waals surface area (Å²) < 4.78 is 15.9. The molecule has 0 aromatic heterocycles. The molecule has 0 aliphatic rings. The summed E-state index contributed by atoms with van der Waals surface area (Å²) in [7, 11) is 0. The molecule has 0 aromatic rings. The summed E-state index contributed by atoms with van der Waals surface area (Å²) in [6.07, 6.45) is -1.90. The van der Waals surface area contributed by atoms with Crippen molar-refractivity contribution in [3.8, 4) is 0 Å². The molecule has 0 fully saturated rings. The zero-order valence-corrected chi connectivity index (χ0v) is 15.0. The Morgan fingerprint density at radius 3 is 1.11 bits per heavy atom. The van der Waals surface area contributed by atoms with Crippen LogP contribution in [-0.2, 0) is 40.4 Å². The van der Waals surface area contributed by atoms with E-state index in [1.165, 1.54) is 0 Å². The Balaban J connectivity index is 0. The zero-order valence-electron chi connectivity index (χ0n) is 12.5. The van der Waals surface area contributed by atoms with Crippen molar-refractivity contribution in [2.75, 3.05) is 19.8 Å². The van der Waals surface area contributed by atoms with Crippen molar-refractivity contribution >= 4 is 0 Å². The predicted molar refractivity (Wildman–Crippen MR) is 67.3 cm³/mol.